The third-order valence-corrected chi connectivity index (χ3v) is 6.44. The summed E-state index contributed by atoms with van der Waals surface area (Å²) in [5.74, 6) is -1.36. The largest absolute Gasteiger partial charge is 0.450 e. The number of anilines is 1. The standard InChI is InChI=1S/C20H19FN4O4.ClH/c21-15-13(24-4-3-11(22)8-24)6-9-5-10-7-23-29-20(10)25-12-1-2-14(26)17(27)18(12)28-19(15)16(9)25;/h6-7,9,11,16H,1-5,8,22H2;1H. The summed E-state index contributed by atoms with van der Waals surface area (Å²) < 4.78 is 27.0. The van der Waals surface area contributed by atoms with Gasteiger partial charge in [-0.15, -0.1) is 12.4 Å². The number of rotatable bonds is 1. The fourth-order valence-corrected chi connectivity index (χ4v) is 5.08. The number of allylic oxidation sites excluding steroid dienone is 3. The van der Waals surface area contributed by atoms with Crippen LogP contribution >= 0.6 is 12.4 Å². The third kappa shape index (κ3) is 2.51. The van der Waals surface area contributed by atoms with Gasteiger partial charge < -0.3 is 19.9 Å². The number of carbonyl (C=O) groups is 2. The molecule has 6 rings (SSSR count). The van der Waals surface area contributed by atoms with E-state index in [0.717, 1.165) is 12.0 Å². The summed E-state index contributed by atoms with van der Waals surface area (Å²) in [5, 5.41) is 3.92. The van der Waals surface area contributed by atoms with Crippen LogP contribution in [0.25, 0.3) is 0 Å². The highest BCUT2D eigenvalue weighted by molar-refractivity contribution is 6.44. The maximum atomic E-state index is 15.7. The van der Waals surface area contributed by atoms with Crippen molar-refractivity contribution < 1.29 is 23.2 Å². The molecule has 1 fully saturated rings. The first kappa shape index (κ1) is 19.3. The van der Waals surface area contributed by atoms with Crippen molar-refractivity contribution in [2.45, 2.75) is 37.8 Å². The third-order valence-electron chi connectivity index (χ3n) is 6.44. The Hall–Kier alpha value is -2.65. The predicted molar refractivity (Wildman–Crippen MR) is 105 cm³/mol. The summed E-state index contributed by atoms with van der Waals surface area (Å²) in [4.78, 5) is 28.3. The van der Waals surface area contributed by atoms with E-state index in [-0.39, 0.29) is 42.3 Å². The Balaban J connectivity index is 0.00000193. The molecule has 0 aromatic carbocycles. The quantitative estimate of drug-likeness (QED) is 0.667. The van der Waals surface area contributed by atoms with Crippen LogP contribution in [0.5, 0.6) is 0 Å². The molecule has 2 aliphatic carbocycles. The van der Waals surface area contributed by atoms with Crippen molar-refractivity contribution >= 4 is 29.9 Å². The number of ketones is 2. The molecule has 0 bridgehead atoms. The van der Waals surface area contributed by atoms with E-state index in [4.69, 9.17) is 15.0 Å². The molecule has 3 atom stereocenters. The van der Waals surface area contributed by atoms with E-state index >= 15 is 4.39 Å². The molecule has 1 aromatic heterocycles. The normalized spacial score (nSPS) is 29.8. The van der Waals surface area contributed by atoms with Crippen molar-refractivity contribution in [2.75, 3.05) is 18.0 Å². The molecule has 30 heavy (non-hydrogen) atoms. The zero-order valence-corrected chi connectivity index (χ0v) is 16.8. The number of hydrogen-bond acceptors (Lipinski definition) is 8. The van der Waals surface area contributed by atoms with Gasteiger partial charge in [0.05, 0.1) is 17.6 Å². The van der Waals surface area contributed by atoms with Crippen molar-refractivity contribution in [1.29, 1.82) is 0 Å². The van der Waals surface area contributed by atoms with Gasteiger partial charge in [-0.2, -0.15) is 0 Å². The van der Waals surface area contributed by atoms with Crippen LogP contribution < -0.4 is 10.6 Å². The summed E-state index contributed by atoms with van der Waals surface area (Å²) in [7, 11) is 0. The van der Waals surface area contributed by atoms with Crippen LogP contribution in [0.1, 0.15) is 24.8 Å². The minimum absolute atomic E-state index is 0. The van der Waals surface area contributed by atoms with Crippen LogP contribution in [-0.4, -0.2) is 46.8 Å². The molecule has 1 aromatic rings. The minimum Gasteiger partial charge on any atom is -0.450 e. The molecule has 0 radical (unpaired) electrons. The first-order valence-electron chi connectivity index (χ1n) is 9.86. The van der Waals surface area contributed by atoms with Crippen LogP contribution in [0.4, 0.5) is 10.3 Å². The zero-order valence-electron chi connectivity index (χ0n) is 16.0. The maximum absolute atomic E-state index is 15.7. The number of Topliss-reactive ketones (excluding diaryl/α,β-unsaturated/α-hetero) is 2. The molecule has 3 unspecified atom stereocenters. The van der Waals surface area contributed by atoms with E-state index < -0.39 is 23.4 Å². The number of fused-ring (bicyclic) bond motifs is 3. The molecule has 8 nitrogen and oxygen atoms in total. The van der Waals surface area contributed by atoms with Gasteiger partial charge in [-0.25, -0.2) is 4.39 Å². The lowest BCUT2D eigenvalue weighted by Crippen LogP contribution is -2.52. The molecule has 4 heterocycles. The van der Waals surface area contributed by atoms with Crippen LogP contribution in [0, 0.1) is 5.92 Å². The Kier molecular flexibility index (Phi) is 4.30. The summed E-state index contributed by atoms with van der Waals surface area (Å²) in [6.07, 6.45) is 5.46. The van der Waals surface area contributed by atoms with Crippen molar-refractivity contribution in [2.24, 2.45) is 11.7 Å². The first-order chi connectivity index (χ1) is 14.0. The number of ether oxygens (including phenoxy) is 1. The van der Waals surface area contributed by atoms with Crippen LogP contribution in [0.2, 0.25) is 0 Å². The Bertz CT molecular complexity index is 1060. The van der Waals surface area contributed by atoms with Gasteiger partial charge in [0, 0.05) is 37.0 Å². The van der Waals surface area contributed by atoms with Gasteiger partial charge in [-0.3, -0.25) is 14.5 Å². The van der Waals surface area contributed by atoms with E-state index in [1.807, 2.05) is 15.9 Å². The molecular formula is C20H20ClFN4O4. The molecule has 0 spiro atoms. The average Bonchev–Trinajstić information content (AvgIpc) is 3.35. The van der Waals surface area contributed by atoms with Gasteiger partial charge in [-0.1, -0.05) is 11.2 Å². The van der Waals surface area contributed by atoms with Crippen molar-refractivity contribution in [3.05, 3.63) is 46.6 Å². The number of carbonyl (C=O) groups excluding carboxylic acids is 2. The van der Waals surface area contributed by atoms with Crippen molar-refractivity contribution in [3.8, 4) is 0 Å². The summed E-state index contributed by atoms with van der Waals surface area (Å²) in [6.45, 7) is 1.23. The van der Waals surface area contributed by atoms with Gasteiger partial charge in [0.1, 0.15) is 6.04 Å². The van der Waals surface area contributed by atoms with Crippen molar-refractivity contribution in [1.82, 2.24) is 10.1 Å². The number of likely N-dealkylation sites (tertiary alicyclic amines) is 1. The molecule has 0 saturated carbocycles. The second kappa shape index (κ2) is 6.68. The SMILES string of the molecule is Cl.NC1CCN(C2=CC3Cc4cnoc4N4C5=C(OC(=C2F)C34)C(=O)C(=O)CC5)C1. The number of aromatic nitrogens is 1. The van der Waals surface area contributed by atoms with Crippen LogP contribution in [0.15, 0.2) is 45.5 Å². The number of nitrogens with zero attached hydrogens (tertiary/aromatic N) is 3. The molecule has 10 heteroatoms. The smallest absolute Gasteiger partial charge is 0.265 e. The van der Waals surface area contributed by atoms with Gasteiger partial charge in [0.2, 0.25) is 11.7 Å². The van der Waals surface area contributed by atoms with Gasteiger partial charge >= 0.3 is 0 Å². The highest BCUT2D eigenvalue weighted by Gasteiger charge is 2.52. The average molecular weight is 435 g/mol. The molecule has 0 amide bonds. The van der Waals surface area contributed by atoms with E-state index in [1.165, 1.54) is 0 Å². The van der Waals surface area contributed by atoms with E-state index in [0.29, 0.717) is 43.2 Å². The lowest BCUT2D eigenvalue weighted by atomic mass is 9.80. The van der Waals surface area contributed by atoms with Gasteiger partial charge in [0.25, 0.3) is 5.78 Å². The highest BCUT2D eigenvalue weighted by atomic mass is 35.5. The molecule has 1 saturated heterocycles. The highest BCUT2D eigenvalue weighted by Crippen LogP contribution is 2.50. The Morgan fingerprint density at radius 2 is 2.10 bits per heavy atom. The Labute approximate surface area is 177 Å². The Morgan fingerprint density at radius 3 is 2.87 bits per heavy atom. The topological polar surface area (TPSA) is 102 Å². The van der Waals surface area contributed by atoms with Gasteiger partial charge in [0.15, 0.2) is 17.3 Å². The number of halogens is 2. The zero-order chi connectivity index (χ0) is 19.9. The fourth-order valence-electron chi connectivity index (χ4n) is 5.08. The summed E-state index contributed by atoms with van der Waals surface area (Å²) in [5.41, 5.74) is 7.93. The molecular weight excluding hydrogens is 415 g/mol. The van der Waals surface area contributed by atoms with Crippen LogP contribution in [0.3, 0.4) is 0 Å². The lowest BCUT2D eigenvalue weighted by molar-refractivity contribution is -0.137. The molecule has 158 valence electrons. The summed E-state index contributed by atoms with van der Waals surface area (Å²) in [6, 6.07) is -0.465. The lowest BCUT2D eigenvalue weighted by Gasteiger charge is -2.47. The minimum atomic E-state index is -0.715. The Morgan fingerprint density at radius 1 is 1.27 bits per heavy atom. The summed E-state index contributed by atoms with van der Waals surface area (Å²) >= 11 is 0. The van der Waals surface area contributed by atoms with E-state index in [9.17, 15) is 9.59 Å². The molecule has 2 N–H and O–H groups in total. The van der Waals surface area contributed by atoms with Crippen molar-refractivity contribution in [3.63, 3.8) is 0 Å². The first-order valence-corrected chi connectivity index (χ1v) is 9.86. The number of hydrogen-bond donors (Lipinski definition) is 1. The predicted octanol–water partition coefficient (Wildman–Crippen LogP) is 1.73. The van der Waals surface area contributed by atoms with Crippen LogP contribution in [-0.2, 0) is 20.7 Å². The monoisotopic (exact) mass is 434 g/mol. The fraction of sp³-hybridized carbons (Fsp3) is 0.450. The molecule has 5 aliphatic rings. The maximum Gasteiger partial charge on any atom is 0.265 e. The van der Waals surface area contributed by atoms with E-state index in [2.05, 4.69) is 5.16 Å². The second-order valence-corrected chi connectivity index (χ2v) is 8.19. The second-order valence-electron chi connectivity index (χ2n) is 8.19. The van der Waals surface area contributed by atoms with Gasteiger partial charge in [-0.05, 0) is 19.3 Å². The number of nitrogens with two attached hydrogens (primary N) is 1. The van der Waals surface area contributed by atoms with E-state index in [1.54, 1.807) is 6.20 Å². The molecule has 3 aliphatic heterocycles.